The molecular weight excluding hydrogens is 200 g/mol. The Morgan fingerprint density at radius 3 is 2.44 bits per heavy atom. The van der Waals surface area contributed by atoms with Crippen molar-refractivity contribution in [2.75, 3.05) is 20.2 Å². The molecule has 3 heteroatoms. The number of rotatable bonds is 4. The molecule has 1 rings (SSSR count). The van der Waals surface area contributed by atoms with Crippen molar-refractivity contribution in [3.63, 3.8) is 0 Å². The summed E-state index contributed by atoms with van der Waals surface area (Å²) in [6, 6.07) is 0.537. The van der Waals surface area contributed by atoms with Crippen LogP contribution in [0.5, 0.6) is 0 Å². The fraction of sp³-hybridized carbons (Fsp3) is 1.00. The molecule has 0 aromatic carbocycles. The molecule has 0 saturated carbocycles. The molecule has 1 heterocycles. The van der Waals surface area contributed by atoms with Crippen LogP contribution in [0.15, 0.2) is 0 Å². The van der Waals surface area contributed by atoms with E-state index in [-0.39, 0.29) is 5.54 Å². The molecule has 2 unspecified atom stereocenters. The molecule has 0 amide bonds. The number of likely N-dealkylation sites (N-methyl/N-ethyl adjacent to an activating group) is 1. The van der Waals surface area contributed by atoms with Gasteiger partial charge in [0.05, 0.1) is 6.10 Å². The number of ether oxygens (including phenoxy) is 1. The monoisotopic (exact) mass is 228 g/mol. The van der Waals surface area contributed by atoms with Crippen molar-refractivity contribution < 1.29 is 4.74 Å². The van der Waals surface area contributed by atoms with E-state index in [0.717, 1.165) is 26.0 Å². The summed E-state index contributed by atoms with van der Waals surface area (Å²) in [5.74, 6) is 0.576. The maximum atomic E-state index is 6.04. The molecular formula is C13H28N2O. The average Bonchev–Trinajstić information content (AvgIpc) is 2.27. The molecule has 0 bridgehead atoms. The van der Waals surface area contributed by atoms with Crippen LogP contribution in [-0.2, 0) is 4.74 Å². The zero-order chi connectivity index (χ0) is 12.3. The SMILES string of the molecule is CC(C)C1CC(CN)(N(C)C(C)C)CCO1. The predicted octanol–water partition coefficient (Wildman–Crippen LogP) is 1.86. The quantitative estimate of drug-likeness (QED) is 0.798. The Morgan fingerprint density at radius 2 is 2.00 bits per heavy atom. The minimum absolute atomic E-state index is 0.140. The summed E-state index contributed by atoms with van der Waals surface area (Å²) in [5, 5.41) is 0. The Balaban J connectivity index is 2.78. The van der Waals surface area contributed by atoms with Crippen LogP contribution in [0.1, 0.15) is 40.5 Å². The second-order valence-corrected chi connectivity index (χ2v) is 5.74. The summed E-state index contributed by atoms with van der Waals surface area (Å²) in [5.41, 5.74) is 6.18. The lowest BCUT2D eigenvalue weighted by molar-refractivity contribution is -0.0879. The van der Waals surface area contributed by atoms with Gasteiger partial charge in [-0.15, -0.1) is 0 Å². The van der Waals surface area contributed by atoms with Crippen LogP contribution in [0.3, 0.4) is 0 Å². The van der Waals surface area contributed by atoms with E-state index in [2.05, 4.69) is 39.6 Å². The van der Waals surface area contributed by atoms with Gasteiger partial charge in [-0.25, -0.2) is 0 Å². The fourth-order valence-electron chi connectivity index (χ4n) is 2.56. The van der Waals surface area contributed by atoms with Crippen molar-refractivity contribution in [3.05, 3.63) is 0 Å². The van der Waals surface area contributed by atoms with Crippen molar-refractivity contribution >= 4 is 0 Å². The molecule has 3 nitrogen and oxygen atoms in total. The second-order valence-electron chi connectivity index (χ2n) is 5.74. The van der Waals surface area contributed by atoms with Gasteiger partial charge in [0.2, 0.25) is 0 Å². The highest BCUT2D eigenvalue weighted by Crippen LogP contribution is 2.33. The molecule has 0 spiro atoms. The summed E-state index contributed by atoms with van der Waals surface area (Å²) in [6.07, 6.45) is 2.48. The summed E-state index contributed by atoms with van der Waals surface area (Å²) in [7, 11) is 2.19. The maximum absolute atomic E-state index is 6.04. The standard InChI is InChI=1S/C13H28N2O/c1-10(2)12-8-13(9-14,6-7-16-12)15(5)11(3)4/h10-12H,6-9,14H2,1-5H3. The second kappa shape index (κ2) is 5.48. The average molecular weight is 228 g/mol. The highest BCUT2D eigenvalue weighted by atomic mass is 16.5. The van der Waals surface area contributed by atoms with Crippen molar-refractivity contribution in [1.29, 1.82) is 0 Å². The van der Waals surface area contributed by atoms with Gasteiger partial charge >= 0.3 is 0 Å². The molecule has 0 aromatic heterocycles. The summed E-state index contributed by atoms with van der Waals surface area (Å²) >= 11 is 0. The minimum Gasteiger partial charge on any atom is -0.378 e. The Hall–Kier alpha value is -0.120. The Morgan fingerprint density at radius 1 is 1.38 bits per heavy atom. The van der Waals surface area contributed by atoms with Gasteiger partial charge in [-0.2, -0.15) is 0 Å². The van der Waals surface area contributed by atoms with Gasteiger partial charge in [0, 0.05) is 24.7 Å². The van der Waals surface area contributed by atoms with Crippen LogP contribution < -0.4 is 5.73 Å². The van der Waals surface area contributed by atoms with Crippen LogP contribution in [0.2, 0.25) is 0 Å². The van der Waals surface area contributed by atoms with Gasteiger partial charge in [0.15, 0.2) is 0 Å². The van der Waals surface area contributed by atoms with E-state index in [0.29, 0.717) is 18.1 Å². The Kier molecular flexibility index (Phi) is 4.77. The molecule has 1 aliphatic heterocycles. The van der Waals surface area contributed by atoms with E-state index in [1.807, 2.05) is 0 Å². The molecule has 2 N–H and O–H groups in total. The number of hydrogen-bond acceptors (Lipinski definition) is 3. The minimum atomic E-state index is 0.140. The van der Waals surface area contributed by atoms with E-state index >= 15 is 0 Å². The Bertz CT molecular complexity index is 218. The smallest absolute Gasteiger partial charge is 0.0616 e. The molecule has 0 aliphatic carbocycles. The summed E-state index contributed by atoms with van der Waals surface area (Å²) in [4.78, 5) is 2.44. The first-order valence-corrected chi connectivity index (χ1v) is 6.47. The van der Waals surface area contributed by atoms with Crippen LogP contribution in [0.4, 0.5) is 0 Å². The normalized spacial score (nSPS) is 31.7. The largest absolute Gasteiger partial charge is 0.378 e. The van der Waals surface area contributed by atoms with E-state index in [1.165, 1.54) is 0 Å². The van der Waals surface area contributed by atoms with Crippen molar-refractivity contribution in [2.45, 2.75) is 58.2 Å². The molecule has 2 atom stereocenters. The highest BCUT2D eigenvalue weighted by molar-refractivity contribution is 4.96. The van der Waals surface area contributed by atoms with Gasteiger partial charge in [-0.3, -0.25) is 4.90 Å². The third kappa shape index (κ3) is 2.76. The van der Waals surface area contributed by atoms with Crippen molar-refractivity contribution in [1.82, 2.24) is 4.90 Å². The molecule has 1 aliphatic rings. The lowest BCUT2D eigenvalue weighted by Gasteiger charge is -2.49. The molecule has 96 valence electrons. The molecule has 16 heavy (non-hydrogen) atoms. The lowest BCUT2D eigenvalue weighted by Crippen LogP contribution is -2.59. The highest BCUT2D eigenvalue weighted by Gasteiger charge is 2.40. The predicted molar refractivity (Wildman–Crippen MR) is 68.5 cm³/mol. The first-order valence-electron chi connectivity index (χ1n) is 6.47. The van der Waals surface area contributed by atoms with Crippen molar-refractivity contribution in [2.24, 2.45) is 11.7 Å². The Labute approximate surface area is 100 Å². The molecule has 1 saturated heterocycles. The zero-order valence-corrected chi connectivity index (χ0v) is 11.5. The van der Waals surface area contributed by atoms with Crippen LogP contribution >= 0.6 is 0 Å². The van der Waals surface area contributed by atoms with Crippen molar-refractivity contribution in [3.8, 4) is 0 Å². The lowest BCUT2D eigenvalue weighted by atomic mass is 9.81. The van der Waals surface area contributed by atoms with E-state index in [4.69, 9.17) is 10.5 Å². The topological polar surface area (TPSA) is 38.5 Å². The molecule has 0 aromatic rings. The van der Waals surface area contributed by atoms with E-state index in [1.54, 1.807) is 0 Å². The number of nitrogens with two attached hydrogens (primary N) is 1. The fourth-order valence-corrected chi connectivity index (χ4v) is 2.56. The third-order valence-corrected chi connectivity index (χ3v) is 4.13. The van der Waals surface area contributed by atoms with Crippen LogP contribution in [-0.4, -0.2) is 42.8 Å². The van der Waals surface area contributed by atoms with Gasteiger partial charge in [-0.1, -0.05) is 13.8 Å². The van der Waals surface area contributed by atoms with Gasteiger partial charge in [0.1, 0.15) is 0 Å². The number of hydrogen-bond donors (Lipinski definition) is 1. The number of nitrogens with zero attached hydrogens (tertiary/aromatic N) is 1. The first kappa shape index (κ1) is 13.9. The van der Waals surface area contributed by atoms with Crippen LogP contribution in [0.25, 0.3) is 0 Å². The maximum Gasteiger partial charge on any atom is 0.0616 e. The van der Waals surface area contributed by atoms with Gasteiger partial charge in [0.25, 0.3) is 0 Å². The zero-order valence-electron chi connectivity index (χ0n) is 11.5. The first-order chi connectivity index (χ1) is 7.43. The van der Waals surface area contributed by atoms with Crippen LogP contribution in [0, 0.1) is 5.92 Å². The van der Waals surface area contributed by atoms with Gasteiger partial charge in [-0.05, 0) is 39.7 Å². The van der Waals surface area contributed by atoms with Gasteiger partial charge < -0.3 is 10.5 Å². The molecule has 0 radical (unpaired) electrons. The third-order valence-electron chi connectivity index (χ3n) is 4.13. The summed E-state index contributed by atoms with van der Waals surface area (Å²) in [6.45, 7) is 10.5. The van der Waals surface area contributed by atoms with E-state index < -0.39 is 0 Å². The van der Waals surface area contributed by atoms with E-state index in [9.17, 15) is 0 Å². The molecule has 1 fully saturated rings. The summed E-state index contributed by atoms with van der Waals surface area (Å²) < 4.78 is 5.84.